The summed E-state index contributed by atoms with van der Waals surface area (Å²) in [6, 6.07) is 0. The smallest absolute Gasteiger partial charge is 0.287 e. The van der Waals surface area contributed by atoms with Gasteiger partial charge in [0.2, 0.25) is 0 Å². The van der Waals surface area contributed by atoms with E-state index in [1.165, 1.54) is 0 Å². The van der Waals surface area contributed by atoms with Gasteiger partial charge in [-0.25, -0.2) is 4.57 Å². The molecule has 0 amide bonds. The molecule has 0 aromatic rings. The highest BCUT2D eigenvalue weighted by atomic mass is 31.2. The highest BCUT2D eigenvalue weighted by Crippen LogP contribution is 2.50. The monoisotopic (exact) mass is 266 g/mol. The Morgan fingerprint density at radius 2 is 1.41 bits per heavy atom. The van der Waals surface area contributed by atoms with Gasteiger partial charge in [0.1, 0.15) is 0 Å². The topological polar surface area (TPSA) is 44.8 Å². The average molecular weight is 266 g/mol. The van der Waals surface area contributed by atoms with Crippen molar-refractivity contribution in [2.24, 2.45) is 11.8 Å². The van der Waals surface area contributed by atoms with Crippen LogP contribution in [-0.2, 0) is 18.1 Å². The Morgan fingerprint density at radius 1 is 0.941 bits per heavy atom. The van der Waals surface area contributed by atoms with E-state index in [9.17, 15) is 4.57 Å². The van der Waals surface area contributed by atoms with Crippen LogP contribution in [0.5, 0.6) is 0 Å². The van der Waals surface area contributed by atoms with Crippen molar-refractivity contribution in [3.63, 3.8) is 0 Å². The normalized spacial score (nSPS) is 12.6. The van der Waals surface area contributed by atoms with Gasteiger partial charge in [-0.1, -0.05) is 41.0 Å². The molecule has 104 valence electrons. The predicted molar refractivity (Wildman–Crippen MR) is 70.0 cm³/mol. The van der Waals surface area contributed by atoms with Crippen LogP contribution in [0.25, 0.3) is 0 Å². The molecule has 0 saturated carbocycles. The molecular weight excluding hydrogens is 239 g/mol. The molecule has 0 aliphatic carbocycles. The molecule has 17 heavy (non-hydrogen) atoms. The van der Waals surface area contributed by atoms with E-state index >= 15 is 0 Å². The quantitative estimate of drug-likeness (QED) is 0.438. The fraction of sp³-hybridized carbons (Fsp3) is 1.00. The van der Waals surface area contributed by atoms with Gasteiger partial charge >= 0.3 is 7.82 Å². The summed E-state index contributed by atoms with van der Waals surface area (Å²) in [7, 11) is -3.36. The first-order valence-corrected chi connectivity index (χ1v) is 7.89. The fourth-order valence-corrected chi connectivity index (χ4v) is 2.45. The molecule has 0 radical (unpaired) electrons. The Morgan fingerprint density at radius 3 is 1.76 bits per heavy atom. The average Bonchev–Trinajstić information content (AvgIpc) is 2.24. The van der Waals surface area contributed by atoms with Gasteiger partial charge in [-0.2, -0.15) is 0 Å². The highest BCUT2D eigenvalue weighted by molar-refractivity contribution is 7.48. The second-order valence-corrected chi connectivity index (χ2v) is 6.68. The van der Waals surface area contributed by atoms with Crippen LogP contribution in [0.3, 0.4) is 0 Å². The molecule has 0 aliphatic heterocycles. The standard InChI is InChI=1S/C12H27O4P/c1-6-7-8-14-17(13,15-9-11(2)3)16-10-12(4)5/h11-12H,6-10H2,1-5H3. The molecule has 0 aromatic carbocycles. The molecule has 0 heterocycles. The summed E-state index contributed by atoms with van der Waals surface area (Å²) < 4.78 is 28.1. The first-order valence-electron chi connectivity index (χ1n) is 6.43. The van der Waals surface area contributed by atoms with Crippen molar-refractivity contribution >= 4 is 7.82 Å². The number of phosphoric acid groups is 1. The van der Waals surface area contributed by atoms with Crippen LogP contribution < -0.4 is 0 Å². The second-order valence-electron chi connectivity index (χ2n) is 5.01. The van der Waals surface area contributed by atoms with E-state index in [0.29, 0.717) is 31.7 Å². The molecule has 0 bridgehead atoms. The Hall–Kier alpha value is 0.110. The Kier molecular flexibility index (Phi) is 9.15. The van der Waals surface area contributed by atoms with Gasteiger partial charge in [-0.05, 0) is 18.3 Å². The van der Waals surface area contributed by atoms with Crippen LogP contribution in [-0.4, -0.2) is 19.8 Å². The van der Waals surface area contributed by atoms with Gasteiger partial charge in [0.05, 0.1) is 19.8 Å². The lowest BCUT2D eigenvalue weighted by Crippen LogP contribution is -2.09. The number of hydrogen-bond acceptors (Lipinski definition) is 4. The van der Waals surface area contributed by atoms with Crippen LogP contribution in [0.2, 0.25) is 0 Å². The zero-order valence-corrected chi connectivity index (χ0v) is 12.7. The number of rotatable bonds is 10. The van der Waals surface area contributed by atoms with Crippen LogP contribution in [0.15, 0.2) is 0 Å². The van der Waals surface area contributed by atoms with Gasteiger partial charge < -0.3 is 0 Å². The minimum absolute atomic E-state index is 0.306. The van der Waals surface area contributed by atoms with E-state index in [-0.39, 0.29) is 0 Å². The Bertz CT molecular complexity index is 213. The van der Waals surface area contributed by atoms with E-state index in [1.54, 1.807) is 0 Å². The molecule has 4 nitrogen and oxygen atoms in total. The molecule has 0 aromatic heterocycles. The van der Waals surface area contributed by atoms with Crippen LogP contribution in [0, 0.1) is 11.8 Å². The van der Waals surface area contributed by atoms with Crippen molar-refractivity contribution in [1.82, 2.24) is 0 Å². The van der Waals surface area contributed by atoms with Gasteiger partial charge in [-0.15, -0.1) is 0 Å². The molecule has 0 fully saturated rings. The van der Waals surface area contributed by atoms with Crippen molar-refractivity contribution in [2.75, 3.05) is 19.8 Å². The van der Waals surface area contributed by atoms with E-state index in [1.807, 2.05) is 27.7 Å². The maximum atomic E-state index is 12.2. The number of unbranched alkanes of at least 4 members (excludes halogenated alkanes) is 1. The molecule has 0 rings (SSSR count). The van der Waals surface area contributed by atoms with Crippen molar-refractivity contribution < 1.29 is 18.1 Å². The third-order valence-electron chi connectivity index (χ3n) is 1.88. The molecule has 0 N–H and O–H groups in total. The summed E-state index contributed by atoms with van der Waals surface area (Å²) in [6.07, 6.45) is 1.86. The van der Waals surface area contributed by atoms with Crippen LogP contribution >= 0.6 is 7.82 Å². The zero-order valence-electron chi connectivity index (χ0n) is 11.8. The SMILES string of the molecule is CCCCOP(=O)(OCC(C)C)OCC(C)C. The van der Waals surface area contributed by atoms with E-state index < -0.39 is 7.82 Å². The van der Waals surface area contributed by atoms with Crippen molar-refractivity contribution in [1.29, 1.82) is 0 Å². The lowest BCUT2D eigenvalue weighted by molar-refractivity contribution is 0.0948. The fourth-order valence-electron chi connectivity index (χ4n) is 0.913. The van der Waals surface area contributed by atoms with Gasteiger partial charge in [0.25, 0.3) is 0 Å². The van der Waals surface area contributed by atoms with Gasteiger partial charge in [0, 0.05) is 0 Å². The van der Waals surface area contributed by atoms with Gasteiger partial charge in [-0.3, -0.25) is 13.6 Å². The predicted octanol–water partition coefficient (Wildman–Crippen LogP) is 4.26. The first kappa shape index (κ1) is 17.1. The van der Waals surface area contributed by atoms with Crippen molar-refractivity contribution in [2.45, 2.75) is 47.5 Å². The van der Waals surface area contributed by atoms with Crippen LogP contribution in [0.4, 0.5) is 0 Å². The molecule has 0 aliphatic rings. The number of hydrogen-bond donors (Lipinski definition) is 0. The summed E-state index contributed by atoms with van der Waals surface area (Å²) in [6.45, 7) is 11.3. The largest absolute Gasteiger partial charge is 0.474 e. The number of phosphoric ester groups is 1. The lowest BCUT2D eigenvalue weighted by Gasteiger charge is -2.19. The second kappa shape index (κ2) is 9.09. The van der Waals surface area contributed by atoms with Crippen LogP contribution in [0.1, 0.15) is 47.5 Å². The zero-order chi connectivity index (χ0) is 13.3. The van der Waals surface area contributed by atoms with E-state index in [0.717, 1.165) is 12.8 Å². The Labute approximate surface area is 106 Å². The third kappa shape index (κ3) is 9.78. The lowest BCUT2D eigenvalue weighted by atomic mass is 10.2. The summed E-state index contributed by atoms with van der Waals surface area (Å²) >= 11 is 0. The minimum Gasteiger partial charge on any atom is -0.287 e. The van der Waals surface area contributed by atoms with E-state index in [4.69, 9.17) is 13.6 Å². The maximum Gasteiger partial charge on any atom is 0.474 e. The summed E-state index contributed by atoms with van der Waals surface area (Å²) in [4.78, 5) is 0. The third-order valence-corrected chi connectivity index (χ3v) is 3.31. The molecular formula is C12H27O4P. The molecule has 5 heteroatoms. The molecule has 0 unspecified atom stereocenters. The summed E-state index contributed by atoms with van der Waals surface area (Å²) in [5.41, 5.74) is 0. The summed E-state index contributed by atoms with van der Waals surface area (Å²) in [5, 5.41) is 0. The van der Waals surface area contributed by atoms with E-state index in [2.05, 4.69) is 6.92 Å². The minimum atomic E-state index is -3.36. The summed E-state index contributed by atoms with van der Waals surface area (Å²) in [5.74, 6) is 0.613. The first-order chi connectivity index (χ1) is 7.89. The van der Waals surface area contributed by atoms with Crippen molar-refractivity contribution in [3.05, 3.63) is 0 Å². The van der Waals surface area contributed by atoms with Crippen molar-refractivity contribution in [3.8, 4) is 0 Å². The maximum absolute atomic E-state index is 12.2. The highest BCUT2D eigenvalue weighted by Gasteiger charge is 2.27. The molecule has 0 saturated heterocycles. The Balaban J connectivity index is 4.19. The van der Waals surface area contributed by atoms with Gasteiger partial charge in [0.15, 0.2) is 0 Å². The molecule has 0 spiro atoms. The molecule has 0 atom stereocenters.